The molecule has 3 atom stereocenters. The molecule has 0 aliphatic rings. The van der Waals surface area contributed by atoms with Gasteiger partial charge in [-0.2, -0.15) is 0 Å². The molecular weight excluding hydrogens is 763 g/mol. The summed E-state index contributed by atoms with van der Waals surface area (Å²) in [6, 6.07) is 28.5. The molecule has 0 saturated heterocycles. The van der Waals surface area contributed by atoms with Gasteiger partial charge in [-0.25, -0.2) is 0 Å². The fraction of sp³-hybridized carbons (Fsp3) is 0.324. The molecule has 10 heteroatoms. The number of nitrogens with zero attached hydrogens (tertiary/aromatic N) is 4. The molecular formula is C34H42N6O2PPb. The van der Waals surface area contributed by atoms with E-state index in [9.17, 15) is 4.79 Å². The van der Waals surface area contributed by atoms with Crippen molar-refractivity contribution in [3.05, 3.63) is 126 Å². The molecule has 3 radical (unpaired) electrons. The second kappa shape index (κ2) is 17.5. The number of nitrogens with one attached hydrogen (secondary N) is 2. The van der Waals surface area contributed by atoms with E-state index in [0.29, 0.717) is 18.8 Å². The van der Waals surface area contributed by atoms with Gasteiger partial charge >= 0.3 is 183 Å². The van der Waals surface area contributed by atoms with E-state index in [1.165, 1.54) is 11.1 Å². The van der Waals surface area contributed by atoms with Crippen LogP contribution in [0.5, 0.6) is 5.75 Å². The molecule has 0 bridgehead atoms. The normalized spacial score (nSPS) is 12.7. The molecule has 0 spiro atoms. The molecule has 1 amide bonds. The van der Waals surface area contributed by atoms with Gasteiger partial charge in [0.1, 0.15) is 5.75 Å². The predicted octanol–water partition coefficient (Wildman–Crippen LogP) is 5.02. The van der Waals surface area contributed by atoms with E-state index < -0.39 is 0 Å². The number of aromatic nitrogens is 3. The first-order valence-electron chi connectivity index (χ1n) is 14.8. The van der Waals surface area contributed by atoms with E-state index in [4.69, 9.17) is 4.74 Å². The Morgan fingerprint density at radius 3 is 2.32 bits per heavy atom. The molecule has 3 unspecified atom stereocenters. The van der Waals surface area contributed by atoms with Crippen molar-refractivity contribution >= 4 is 40.9 Å². The third-order valence-electron chi connectivity index (χ3n) is 7.37. The van der Waals surface area contributed by atoms with Crippen LogP contribution in [0.1, 0.15) is 48.1 Å². The zero-order valence-electron chi connectivity index (χ0n) is 25.5. The summed E-state index contributed by atoms with van der Waals surface area (Å²) in [5.41, 5.74) is 5.30. The second-order valence-electron chi connectivity index (χ2n) is 11.1. The fourth-order valence-corrected chi connectivity index (χ4v) is 5.87. The number of ether oxygens (including phenoxy) is 1. The Morgan fingerprint density at radius 1 is 1.02 bits per heavy atom. The maximum absolute atomic E-state index is 12.9. The van der Waals surface area contributed by atoms with Gasteiger partial charge in [0.2, 0.25) is 0 Å². The molecule has 0 saturated carbocycles. The fourth-order valence-electron chi connectivity index (χ4n) is 4.66. The van der Waals surface area contributed by atoms with Crippen molar-refractivity contribution in [3.63, 3.8) is 0 Å². The topological polar surface area (TPSA) is 84.3 Å². The van der Waals surface area contributed by atoms with Crippen LogP contribution in [0.4, 0.5) is 0 Å². The van der Waals surface area contributed by atoms with Crippen molar-refractivity contribution in [2.24, 2.45) is 5.92 Å². The molecule has 44 heavy (non-hydrogen) atoms. The van der Waals surface area contributed by atoms with Crippen LogP contribution >= 0.6 is 9.24 Å². The zero-order chi connectivity index (χ0) is 31.3. The third-order valence-corrected chi connectivity index (χ3v) is 9.73. The Morgan fingerprint density at radius 2 is 1.68 bits per heavy atom. The number of benzene rings is 3. The van der Waals surface area contributed by atoms with Gasteiger partial charge < -0.3 is 5.32 Å². The van der Waals surface area contributed by atoms with Crippen LogP contribution in [0.25, 0.3) is 0 Å². The molecule has 4 rings (SSSR count). The molecule has 229 valence electrons. The summed E-state index contributed by atoms with van der Waals surface area (Å²) in [5.74, 6) is 1.11. The molecule has 0 aliphatic carbocycles. The first-order chi connectivity index (χ1) is 21.3. The van der Waals surface area contributed by atoms with Gasteiger partial charge in [0.25, 0.3) is 0 Å². The van der Waals surface area contributed by atoms with Crippen LogP contribution in [-0.2, 0) is 24.5 Å². The monoisotopic (exact) mass is 805 g/mol. The Hall–Kier alpha value is -2.92. The summed E-state index contributed by atoms with van der Waals surface area (Å²) in [7, 11) is 2.86. The number of carbonyl (C=O) groups excluding carboxylic acids is 1. The minimum absolute atomic E-state index is 0.00607. The minimum atomic E-state index is -0.208. The second-order valence-corrected chi connectivity index (χ2v) is 13.0. The van der Waals surface area contributed by atoms with Crippen LogP contribution in [0.15, 0.2) is 103 Å². The van der Waals surface area contributed by atoms with Gasteiger partial charge in [-0.15, -0.1) is 9.24 Å². The van der Waals surface area contributed by atoms with Gasteiger partial charge in [0.15, 0.2) is 0 Å². The first-order valence-corrected chi connectivity index (χ1v) is 18.3. The average molecular weight is 805 g/mol. The van der Waals surface area contributed by atoms with E-state index in [2.05, 4.69) is 91.9 Å². The Labute approximate surface area is 279 Å². The summed E-state index contributed by atoms with van der Waals surface area (Å²) in [4.78, 5) is 15.1. The van der Waals surface area contributed by atoms with E-state index in [1.807, 2.05) is 54.7 Å². The Bertz CT molecular complexity index is 1450. The van der Waals surface area contributed by atoms with Crippen LogP contribution in [0.3, 0.4) is 0 Å². The quantitative estimate of drug-likeness (QED) is 0.0888. The van der Waals surface area contributed by atoms with Crippen molar-refractivity contribution in [2.45, 2.75) is 45.4 Å². The van der Waals surface area contributed by atoms with Gasteiger partial charge in [-0.3, -0.25) is 0 Å². The zero-order valence-corrected chi connectivity index (χ0v) is 30.6. The third kappa shape index (κ3) is 10.6. The Kier molecular flexibility index (Phi) is 13.5. The van der Waals surface area contributed by atoms with Crippen molar-refractivity contribution < 1.29 is 9.53 Å². The molecule has 1 aromatic heterocycles. The molecule has 4 aromatic rings. The average Bonchev–Trinajstić information content (AvgIpc) is 3.52. The van der Waals surface area contributed by atoms with Crippen LogP contribution < -0.4 is 15.4 Å². The summed E-state index contributed by atoms with van der Waals surface area (Å²) >= 11 is 0.995. The number of amides is 1. The van der Waals surface area contributed by atoms with Gasteiger partial charge in [-0.1, -0.05) is 42.5 Å². The Balaban J connectivity index is 1.29. The number of rotatable bonds is 17. The van der Waals surface area contributed by atoms with Crippen LogP contribution in [-0.4, -0.2) is 68.8 Å². The van der Waals surface area contributed by atoms with E-state index in [0.717, 1.165) is 59.8 Å². The predicted molar refractivity (Wildman–Crippen MR) is 180 cm³/mol. The molecule has 0 fully saturated rings. The molecule has 0 aliphatic heterocycles. The number of hydrogen-bond acceptors (Lipinski definition) is 6. The van der Waals surface area contributed by atoms with Gasteiger partial charge in [0, 0.05) is 12.3 Å². The summed E-state index contributed by atoms with van der Waals surface area (Å²) in [6.07, 6.45) is 1.88. The van der Waals surface area contributed by atoms with E-state index in [1.54, 1.807) is 4.68 Å². The first kappa shape index (κ1) is 34.0. The van der Waals surface area contributed by atoms with Gasteiger partial charge in [-0.05, 0) is 23.3 Å². The molecule has 1 heterocycles. The molecule has 3 aromatic carbocycles. The number of carbonyl (C=O) groups is 1. The van der Waals surface area contributed by atoms with Crippen LogP contribution in [0.2, 0.25) is 0 Å². The maximum atomic E-state index is 12.9. The molecule has 8 nitrogen and oxygen atoms in total. The SMILES string of the molecule is C=C(C(C)C)C(CNC(=O)CN([CH2][Pb])Cc1ccccc1)n1cc(COc2ccc(C(P)NCc3ccccc3)cc2)nn1. The molecule has 2 N–H and O–H groups in total. The van der Waals surface area contributed by atoms with Crippen molar-refractivity contribution in [3.8, 4) is 5.75 Å². The van der Waals surface area contributed by atoms with Gasteiger partial charge in [0.05, 0.1) is 0 Å². The standard InChI is InChI=1S/C34H42N6O2P.Pb/c1-25(2)26(3)32(20-35-33(41)23-39(4)21-28-13-9-6-10-14-28)40-22-30(37-38-40)24-42-31-17-15-29(16-18-31)34(43)36-19-27-11-7-5-8-12-27;/h5-18,22,25,32,34,36H,3-4,19-21,23-24,43H2,1-2H3,(H,35,41);. The summed E-state index contributed by atoms with van der Waals surface area (Å²) in [6.45, 7) is 11.1. The van der Waals surface area contributed by atoms with Crippen molar-refractivity contribution in [1.82, 2.24) is 30.5 Å². The van der Waals surface area contributed by atoms with Crippen molar-refractivity contribution in [1.29, 1.82) is 0 Å². The van der Waals surface area contributed by atoms with E-state index >= 15 is 0 Å². The van der Waals surface area contributed by atoms with Crippen molar-refractivity contribution in [2.75, 3.05) is 17.2 Å². The summed E-state index contributed by atoms with van der Waals surface area (Å²) in [5, 5.41) is 15.4. The summed E-state index contributed by atoms with van der Waals surface area (Å²) < 4.78 is 8.73. The van der Waals surface area contributed by atoms with E-state index in [-0.39, 0.29) is 30.3 Å². The number of hydrogen-bond donors (Lipinski definition) is 2. The van der Waals surface area contributed by atoms with Crippen LogP contribution in [0, 0.1) is 5.92 Å².